The van der Waals surface area contributed by atoms with Gasteiger partial charge in [-0.05, 0) is 80.6 Å². The maximum Gasteiger partial charge on any atom is 0.231 e. The van der Waals surface area contributed by atoms with Crippen LogP contribution in [0.1, 0.15) is 44.1 Å². The molecule has 0 saturated carbocycles. The standard InChI is InChI=1S/C27H29N7OS2/c35-22-10-4-3-9-19(22)18-28-20-11-12-21-23(17-20)36-27(29-21)37-26-31-24(33-13-5-1-6-14-33)30-25(32-26)34-15-7-2-8-16-34/h3-4,9-12,17-18,35H,1-2,5-8,13-16H2. The molecular weight excluding hydrogens is 502 g/mol. The topological polar surface area (TPSA) is 90.6 Å². The first-order valence-corrected chi connectivity index (χ1v) is 14.5. The third-order valence-corrected chi connectivity index (χ3v) is 8.63. The minimum atomic E-state index is 0.217. The van der Waals surface area contributed by atoms with Crippen molar-refractivity contribution in [2.75, 3.05) is 36.0 Å². The normalized spacial score (nSPS) is 16.6. The molecule has 6 rings (SSSR count). The Balaban J connectivity index is 1.26. The summed E-state index contributed by atoms with van der Waals surface area (Å²) in [5.74, 6) is 1.80. The summed E-state index contributed by atoms with van der Waals surface area (Å²) in [4.78, 5) is 28.6. The average molecular weight is 532 g/mol. The summed E-state index contributed by atoms with van der Waals surface area (Å²) in [6.45, 7) is 4.00. The van der Waals surface area contributed by atoms with E-state index in [1.54, 1.807) is 29.7 Å². The number of aliphatic imine (C=N–C) groups is 1. The second kappa shape index (κ2) is 11.0. The van der Waals surface area contributed by atoms with Crippen LogP contribution in [0.4, 0.5) is 17.6 Å². The van der Waals surface area contributed by atoms with Crippen molar-refractivity contribution in [1.29, 1.82) is 0 Å². The highest BCUT2D eigenvalue weighted by atomic mass is 32.2. The van der Waals surface area contributed by atoms with Gasteiger partial charge in [-0.25, -0.2) is 4.98 Å². The fraction of sp³-hybridized carbons (Fsp3) is 0.370. The van der Waals surface area contributed by atoms with E-state index in [9.17, 15) is 5.11 Å². The van der Waals surface area contributed by atoms with E-state index in [0.717, 1.165) is 58.3 Å². The molecule has 2 aromatic heterocycles. The van der Waals surface area contributed by atoms with Gasteiger partial charge in [0.2, 0.25) is 17.1 Å². The molecule has 0 amide bonds. The van der Waals surface area contributed by atoms with Gasteiger partial charge in [0.05, 0.1) is 15.9 Å². The average Bonchev–Trinajstić information content (AvgIpc) is 3.35. The molecule has 2 aliphatic rings. The van der Waals surface area contributed by atoms with Crippen LogP contribution in [0.25, 0.3) is 10.2 Å². The molecule has 8 nitrogen and oxygen atoms in total. The van der Waals surface area contributed by atoms with E-state index in [4.69, 9.17) is 19.9 Å². The Morgan fingerprint density at radius 1 is 0.811 bits per heavy atom. The number of rotatable bonds is 6. The number of phenols is 1. The Morgan fingerprint density at radius 3 is 2.16 bits per heavy atom. The fourth-order valence-corrected chi connectivity index (χ4v) is 6.63. The van der Waals surface area contributed by atoms with Gasteiger partial charge in [-0.1, -0.05) is 12.1 Å². The van der Waals surface area contributed by atoms with Crippen molar-refractivity contribution < 1.29 is 5.11 Å². The highest BCUT2D eigenvalue weighted by Crippen LogP contribution is 2.36. The van der Waals surface area contributed by atoms with Crippen molar-refractivity contribution >= 4 is 57.1 Å². The minimum absolute atomic E-state index is 0.217. The Morgan fingerprint density at radius 2 is 1.49 bits per heavy atom. The predicted octanol–water partition coefficient (Wildman–Crippen LogP) is 6.07. The van der Waals surface area contributed by atoms with Gasteiger partial charge >= 0.3 is 0 Å². The van der Waals surface area contributed by atoms with Crippen LogP contribution in [0.2, 0.25) is 0 Å². The van der Waals surface area contributed by atoms with Crippen LogP contribution in [0, 0.1) is 0 Å². The van der Waals surface area contributed by atoms with E-state index in [-0.39, 0.29) is 5.75 Å². The van der Waals surface area contributed by atoms with E-state index in [2.05, 4.69) is 14.8 Å². The fourth-order valence-electron chi connectivity index (χ4n) is 4.69. The van der Waals surface area contributed by atoms with Gasteiger partial charge in [-0.2, -0.15) is 15.0 Å². The molecule has 2 saturated heterocycles. The van der Waals surface area contributed by atoms with Gasteiger partial charge < -0.3 is 14.9 Å². The van der Waals surface area contributed by atoms with E-state index in [1.165, 1.54) is 50.3 Å². The molecule has 0 unspecified atom stereocenters. The summed E-state index contributed by atoms with van der Waals surface area (Å²) in [6.07, 6.45) is 8.94. The summed E-state index contributed by atoms with van der Waals surface area (Å²) in [6, 6.07) is 13.1. The third kappa shape index (κ3) is 5.70. The number of nitrogens with zero attached hydrogens (tertiary/aromatic N) is 7. The molecule has 0 atom stereocenters. The maximum atomic E-state index is 9.98. The van der Waals surface area contributed by atoms with E-state index in [1.807, 2.05) is 30.3 Å². The molecule has 37 heavy (non-hydrogen) atoms. The molecule has 0 bridgehead atoms. The Kier molecular flexibility index (Phi) is 7.18. The lowest BCUT2D eigenvalue weighted by molar-refractivity contribution is 0.474. The van der Waals surface area contributed by atoms with Gasteiger partial charge in [0.1, 0.15) is 5.75 Å². The Bertz CT molecular complexity index is 1370. The lowest BCUT2D eigenvalue weighted by Crippen LogP contribution is -2.34. The summed E-state index contributed by atoms with van der Waals surface area (Å²) in [7, 11) is 0. The van der Waals surface area contributed by atoms with Gasteiger partial charge in [0.15, 0.2) is 4.34 Å². The number of hydrogen-bond donors (Lipinski definition) is 1. The molecule has 2 aromatic carbocycles. The summed E-state index contributed by atoms with van der Waals surface area (Å²) < 4.78 is 1.95. The predicted molar refractivity (Wildman–Crippen MR) is 151 cm³/mol. The number of piperidine rings is 2. The molecule has 0 aliphatic carbocycles. The minimum Gasteiger partial charge on any atom is -0.507 e. The zero-order chi connectivity index (χ0) is 25.0. The molecule has 1 N–H and O–H groups in total. The van der Waals surface area contributed by atoms with Crippen molar-refractivity contribution in [3.63, 3.8) is 0 Å². The third-order valence-electron chi connectivity index (χ3n) is 6.69. The highest BCUT2D eigenvalue weighted by Gasteiger charge is 2.21. The number of para-hydroxylation sites is 1. The number of benzene rings is 2. The second-order valence-corrected chi connectivity index (χ2v) is 11.6. The molecule has 2 aliphatic heterocycles. The smallest absolute Gasteiger partial charge is 0.231 e. The van der Waals surface area contributed by atoms with Crippen LogP contribution in [-0.2, 0) is 0 Å². The second-order valence-electron chi connectivity index (χ2n) is 9.36. The first-order chi connectivity index (χ1) is 18.2. The lowest BCUT2D eigenvalue weighted by Gasteiger charge is -2.30. The molecule has 0 radical (unpaired) electrons. The van der Waals surface area contributed by atoms with Gasteiger partial charge in [-0.3, -0.25) is 4.99 Å². The van der Waals surface area contributed by atoms with Crippen LogP contribution in [0.15, 0.2) is 57.0 Å². The van der Waals surface area contributed by atoms with Crippen LogP contribution in [0.3, 0.4) is 0 Å². The zero-order valence-electron chi connectivity index (χ0n) is 20.6. The van der Waals surface area contributed by atoms with E-state index < -0.39 is 0 Å². The van der Waals surface area contributed by atoms with Crippen molar-refractivity contribution in [2.24, 2.45) is 4.99 Å². The largest absolute Gasteiger partial charge is 0.507 e. The molecule has 0 spiro atoms. The Labute approximate surface area is 224 Å². The molecule has 10 heteroatoms. The van der Waals surface area contributed by atoms with Crippen LogP contribution < -0.4 is 9.80 Å². The Hall–Kier alpha value is -3.24. The number of hydrogen-bond acceptors (Lipinski definition) is 10. The number of phenolic OH excluding ortho intramolecular Hbond substituents is 1. The first-order valence-electron chi connectivity index (χ1n) is 12.9. The summed E-state index contributed by atoms with van der Waals surface area (Å²) >= 11 is 3.12. The van der Waals surface area contributed by atoms with Gasteiger partial charge in [0.25, 0.3) is 0 Å². The molecular formula is C27H29N7OS2. The summed E-state index contributed by atoms with van der Waals surface area (Å²) in [5.41, 5.74) is 2.43. The number of aromatic hydroxyl groups is 1. The van der Waals surface area contributed by atoms with E-state index >= 15 is 0 Å². The molecule has 4 aromatic rings. The van der Waals surface area contributed by atoms with E-state index in [0.29, 0.717) is 10.7 Å². The van der Waals surface area contributed by atoms with Crippen molar-refractivity contribution in [3.05, 3.63) is 48.0 Å². The highest BCUT2D eigenvalue weighted by molar-refractivity contribution is 8.01. The quantitative estimate of drug-likeness (QED) is 0.300. The number of aromatic nitrogens is 4. The van der Waals surface area contributed by atoms with Crippen molar-refractivity contribution in [3.8, 4) is 5.75 Å². The van der Waals surface area contributed by atoms with Crippen molar-refractivity contribution in [2.45, 2.75) is 48.0 Å². The summed E-state index contributed by atoms with van der Waals surface area (Å²) in [5, 5.41) is 10.7. The van der Waals surface area contributed by atoms with Crippen LogP contribution in [0.5, 0.6) is 5.75 Å². The number of fused-ring (bicyclic) bond motifs is 1. The molecule has 4 heterocycles. The number of anilines is 2. The first kappa shape index (κ1) is 24.1. The SMILES string of the molecule is Oc1ccccc1C=Nc1ccc2nc(Sc3nc(N4CCCCC4)nc(N4CCCCC4)n3)sc2c1. The zero-order valence-corrected chi connectivity index (χ0v) is 22.2. The van der Waals surface area contributed by atoms with Gasteiger partial charge in [-0.15, -0.1) is 11.3 Å². The van der Waals surface area contributed by atoms with Crippen LogP contribution >= 0.6 is 23.1 Å². The molecule has 190 valence electrons. The maximum absolute atomic E-state index is 9.98. The van der Waals surface area contributed by atoms with Gasteiger partial charge in [0, 0.05) is 38.0 Å². The lowest BCUT2D eigenvalue weighted by atomic mass is 10.1. The molecule has 2 fully saturated rings. The van der Waals surface area contributed by atoms with Crippen LogP contribution in [-0.4, -0.2) is 57.4 Å². The monoisotopic (exact) mass is 531 g/mol. The van der Waals surface area contributed by atoms with Crippen molar-refractivity contribution in [1.82, 2.24) is 19.9 Å². The number of thiazole rings is 1.